The number of aliphatic carboxylic acids is 1. The molecular weight excluding hydrogens is 787 g/mol. The standard InChI is InChI=1S/C55H83NO7/c1-6-8-10-12-14-16-18-20-22-24-25-26-27-28-29-30-32-34-36-38-40-42-44-46-54(58)63-51(49-61-48-47-52(55(59)60)56(3,4)5)50-62-53(57)45-43-41-39-37-35-33-31-23-21-19-17-15-13-11-9-7-2/h8-11,14-17,20-23,25-26,28-29,32-35,38-41,51-52H,6-7,12-13,18-19,24,27,30-31,36-37,42-50H2,1-5H3/b10-8+,11-9+,16-14+,17-15+,22-20+,23-21+,26-25+,29-28+,34-32+,35-33+,40-38+,41-39+. The van der Waals surface area contributed by atoms with Crippen LogP contribution in [-0.4, -0.2) is 75.5 Å². The van der Waals surface area contributed by atoms with E-state index in [1.165, 1.54) is 0 Å². The van der Waals surface area contributed by atoms with Crippen molar-refractivity contribution in [2.75, 3.05) is 41.0 Å². The monoisotopic (exact) mass is 870 g/mol. The number of nitrogens with zero attached hydrogens (tertiary/aromatic N) is 1. The van der Waals surface area contributed by atoms with Crippen molar-refractivity contribution in [2.24, 2.45) is 0 Å². The van der Waals surface area contributed by atoms with Crippen LogP contribution in [0, 0.1) is 0 Å². The second-order valence-corrected chi connectivity index (χ2v) is 15.9. The zero-order chi connectivity index (χ0) is 46.3. The lowest BCUT2D eigenvalue weighted by Gasteiger charge is -2.34. The number of carbonyl (C=O) groups is 3. The predicted octanol–water partition coefficient (Wildman–Crippen LogP) is 12.0. The smallest absolute Gasteiger partial charge is 0.306 e. The minimum Gasteiger partial charge on any atom is -0.544 e. The Bertz CT molecular complexity index is 1530. The fourth-order valence-corrected chi connectivity index (χ4v) is 5.69. The van der Waals surface area contributed by atoms with E-state index in [-0.39, 0.29) is 43.6 Å². The van der Waals surface area contributed by atoms with Gasteiger partial charge in [-0.25, -0.2) is 0 Å². The van der Waals surface area contributed by atoms with Gasteiger partial charge < -0.3 is 28.6 Å². The van der Waals surface area contributed by atoms with E-state index in [1.54, 1.807) is 21.1 Å². The molecule has 2 unspecified atom stereocenters. The van der Waals surface area contributed by atoms with E-state index in [0.717, 1.165) is 83.5 Å². The van der Waals surface area contributed by atoms with E-state index in [4.69, 9.17) is 14.2 Å². The molecule has 0 spiro atoms. The van der Waals surface area contributed by atoms with E-state index in [1.807, 2.05) is 12.2 Å². The summed E-state index contributed by atoms with van der Waals surface area (Å²) >= 11 is 0. The molecule has 0 amide bonds. The second-order valence-electron chi connectivity index (χ2n) is 15.9. The highest BCUT2D eigenvalue weighted by atomic mass is 16.6. The highest BCUT2D eigenvalue weighted by Crippen LogP contribution is 2.10. The molecule has 0 bridgehead atoms. The minimum absolute atomic E-state index is 0.0173. The molecule has 0 aromatic carbocycles. The summed E-state index contributed by atoms with van der Waals surface area (Å²) in [6, 6.07) is -0.757. The molecule has 350 valence electrons. The highest BCUT2D eigenvalue weighted by Gasteiger charge is 2.25. The first-order chi connectivity index (χ1) is 30.6. The number of hydrogen-bond acceptors (Lipinski definition) is 7. The number of allylic oxidation sites excluding steroid dienone is 24. The largest absolute Gasteiger partial charge is 0.544 e. The number of likely N-dealkylation sites (N-methyl/N-ethyl adjacent to an activating group) is 1. The van der Waals surface area contributed by atoms with Crippen LogP contribution in [-0.2, 0) is 28.6 Å². The van der Waals surface area contributed by atoms with Crippen molar-refractivity contribution in [2.45, 2.75) is 142 Å². The second kappa shape index (κ2) is 43.8. The summed E-state index contributed by atoms with van der Waals surface area (Å²) in [5.74, 6) is -1.94. The summed E-state index contributed by atoms with van der Waals surface area (Å²) in [5.41, 5.74) is 0. The van der Waals surface area contributed by atoms with Crippen LogP contribution in [0.2, 0.25) is 0 Å². The van der Waals surface area contributed by atoms with Gasteiger partial charge in [-0.05, 0) is 96.3 Å². The normalized spacial score (nSPS) is 14.2. The lowest BCUT2D eigenvalue weighted by molar-refractivity contribution is -0.889. The third-order valence-electron chi connectivity index (χ3n) is 9.23. The van der Waals surface area contributed by atoms with Gasteiger partial charge in [0, 0.05) is 19.3 Å². The van der Waals surface area contributed by atoms with Crippen molar-refractivity contribution in [1.29, 1.82) is 0 Å². The van der Waals surface area contributed by atoms with Crippen LogP contribution >= 0.6 is 0 Å². The number of quaternary nitrogens is 1. The summed E-state index contributed by atoms with van der Waals surface area (Å²) in [6.45, 7) is 4.25. The fraction of sp³-hybridized carbons (Fsp3) is 0.509. The number of carboxylic acid groups (broad SMARTS) is 1. The van der Waals surface area contributed by atoms with Gasteiger partial charge >= 0.3 is 11.9 Å². The molecule has 63 heavy (non-hydrogen) atoms. The van der Waals surface area contributed by atoms with Gasteiger partial charge in [0.05, 0.1) is 40.3 Å². The molecule has 0 saturated carbocycles. The van der Waals surface area contributed by atoms with Crippen LogP contribution in [0.1, 0.15) is 129 Å². The van der Waals surface area contributed by atoms with E-state index < -0.39 is 30.1 Å². The Morgan fingerprint density at radius 2 is 0.841 bits per heavy atom. The maximum Gasteiger partial charge on any atom is 0.306 e. The molecule has 0 rings (SSSR count). The molecule has 0 radical (unpaired) electrons. The van der Waals surface area contributed by atoms with Crippen molar-refractivity contribution >= 4 is 17.9 Å². The summed E-state index contributed by atoms with van der Waals surface area (Å²) in [7, 11) is 5.35. The molecule has 0 N–H and O–H groups in total. The zero-order valence-electron chi connectivity index (χ0n) is 39.7. The predicted molar refractivity (Wildman–Crippen MR) is 263 cm³/mol. The molecule has 2 atom stereocenters. The lowest BCUT2D eigenvalue weighted by Crippen LogP contribution is -2.55. The molecule has 0 aliphatic heterocycles. The number of ether oxygens (including phenoxy) is 3. The Morgan fingerprint density at radius 1 is 0.476 bits per heavy atom. The number of hydrogen-bond donors (Lipinski definition) is 0. The van der Waals surface area contributed by atoms with Crippen LogP contribution in [0.25, 0.3) is 0 Å². The first-order valence-electron chi connectivity index (χ1n) is 23.4. The van der Waals surface area contributed by atoms with Crippen molar-refractivity contribution in [3.63, 3.8) is 0 Å². The van der Waals surface area contributed by atoms with Crippen molar-refractivity contribution < 1.29 is 38.2 Å². The average Bonchev–Trinajstić information content (AvgIpc) is 3.24. The van der Waals surface area contributed by atoms with Crippen LogP contribution in [0.3, 0.4) is 0 Å². The minimum atomic E-state index is -1.15. The van der Waals surface area contributed by atoms with Gasteiger partial charge in [-0.15, -0.1) is 0 Å². The topological polar surface area (TPSA) is 102 Å². The summed E-state index contributed by atoms with van der Waals surface area (Å²) in [5, 5.41) is 11.6. The van der Waals surface area contributed by atoms with Crippen LogP contribution in [0.5, 0.6) is 0 Å². The third-order valence-corrected chi connectivity index (χ3v) is 9.23. The third kappa shape index (κ3) is 42.3. The van der Waals surface area contributed by atoms with Gasteiger partial charge in [0.1, 0.15) is 12.6 Å². The zero-order valence-corrected chi connectivity index (χ0v) is 39.7. The number of esters is 2. The number of unbranched alkanes of at least 4 members (excludes halogenated alkanes) is 1. The number of carbonyl (C=O) groups excluding carboxylic acids is 3. The molecule has 0 aromatic rings. The van der Waals surface area contributed by atoms with Crippen LogP contribution in [0.4, 0.5) is 0 Å². The van der Waals surface area contributed by atoms with Crippen molar-refractivity contribution in [3.8, 4) is 0 Å². The quantitative estimate of drug-likeness (QED) is 0.0262. The van der Waals surface area contributed by atoms with Crippen molar-refractivity contribution in [3.05, 3.63) is 146 Å². The molecule has 8 nitrogen and oxygen atoms in total. The summed E-state index contributed by atoms with van der Waals surface area (Å²) in [6.07, 6.45) is 64.7. The Morgan fingerprint density at radius 3 is 1.21 bits per heavy atom. The molecule has 0 aromatic heterocycles. The molecule has 0 aliphatic rings. The maximum absolute atomic E-state index is 12.7. The van der Waals surface area contributed by atoms with Gasteiger partial charge in [-0.3, -0.25) is 9.59 Å². The first-order valence-corrected chi connectivity index (χ1v) is 23.4. The number of rotatable bonds is 39. The van der Waals surface area contributed by atoms with Gasteiger partial charge in [-0.1, -0.05) is 160 Å². The SMILES string of the molecule is CC/C=C/C/C=C/C/C=C/C/C=C/C/C=C/C/C=C/C/C=C/CCCC(=O)OC(COCCC(C(=O)[O-])[N+](C)(C)C)COC(=O)CC/C=C/C/C=C/C/C=C/C/C=C/C/C=C/CC. The molecule has 0 heterocycles. The van der Waals surface area contributed by atoms with E-state index >= 15 is 0 Å². The van der Waals surface area contributed by atoms with E-state index in [0.29, 0.717) is 12.8 Å². The number of carboxylic acids is 1. The summed E-state index contributed by atoms with van der Waals surface area (Å²) < 4.78 is 17.0. The van der Waals surface area contributed by atoms with Gasteiger partial charge in [0.15, 0.2) is 6.10 Å². The summed E-state index contributed by atoms with van der Waals surface area (Å²) in [4.78, 5) is 36.9. The Hall–Kier alpha value is -4.79. The molecule has 0 aliphatic carbocycles. The maximum atomic E-state index is 12.7. The Labute approximate surface area is 383 Å². The Kier molecular flexibility index (Phi) is 40.5. The highest BCUT2D eigenvalue weighted by molar-refractivity contribution is 5.70. The van der Waals surface area contributed by atoms with Crippen LogP contribution < -0.4 is 5.11 Å². The molecular formula is C55H83NO7. The Balaban J connectivity index is 4.55. The van der Waals surface area contributed by atoms with Gasteiger partial charge in [0.2, 0.25) is 0 Å². The fourth-order valence-electron chi connectivity index (χ4n) is 5.69. The molecule has 0 fully saturated rings. The van der Waals surface area contributed by atoms with E-state index in [9.17, 15) is 19.5 Å². The van der Waals surface area contributed by atoms with Gasteiger partial charge in [-0.2, -0.15) is 0 Å². The van der Waals surface area contributed by atoms with Crippen molar-refractivity contribution in [1.82, 2.24) is 0 Å². The average molecular weight is 870 g/mol. The first kappa shape index (κ1) is 58.2. The van der Waals surface area contributed by atoms with E-state index in [2.05, 4.69) is 148 Å². The molecule has 0 saturated heterocycles. The lowest BCUT2D eigenvalue weighted by atomic mass is 10.1. The molecule has 8 heteroatoms. The van der Waals surface area contributed by atoms with Crippen LogP contribution in [0.15, 0.2) is 146 Å². The van der Waals surface area contributed by atoms with Gasteiger partial charge in [0.25, 0.3) is 0 Å².